The number of halogens is 1. The van der Waals surface area contributed by atoms with Crippen molar-refractivity contribution < 1.29 is 13.5 Å². The molecule has 2 saturated heterocycles. The van der Waals surface area contributed by atoms with Crippen LogP contribution >= 0.6 is 0 Å². The Bertz CT molecular complexity index is 1040. The summed E-state index contributed by atoms with van der Waals surface area (Å²) in [4.78, 5) is 11.2. The Hall–Kier alpha value is -2.55. The normalized spacial score (nSPS) is 18.7. The lowest BCUT2D eigenvalue weighted by Crippen LogP contribution is -2.49. The third kappa shape index (κ3) is 5.03. The number of ether oxygens (including phenoxy) is 1. The molecule has 3 aromatic rings. The number of rotatable bonds is 7. The SMILES string of the molecule is CCOc1c(F)ccc(CN2CCC(NC3CCNCC3)CC2)c1-c1nc2ncccc2o1. The molecule has 4 heterocycles. The minimum absolute atomic E-state index is 0.198. The van der Waals surface area contributed by atoms with Gasteiger partial charge in [-0.05, 0) is 82.5 Å². The molecule has 2 aliphatic rings. The van der Waals surface area contributed by atoms with Gasteiger partial charge in [0.05, 0.1) is 12.2 Å². The van der Waals surface area contributed by atoms with Crippen LogP contribution in [0, 0.1) is 5.82 Å². The molecule has 2 aromatic heterocycles. The molecule has 0 unspecified atom stereocenters. The number of nitrogens with zero attached hydrogens (tertiary/aromatic N) is 3. The van der Waals surface area contributed by atoms with Gasteiger partial charge >= 0.3 is 0 Å². The maximum Gasteiger partial charge on any atom is 0.233 e. The Kier molecular flexibility index (Phi) is 6.85. The van der Waals surface area contributed by atoms with E-state index in [0.717, 1.165) is 44.6 Å². The number of fused-ring (bicyclic) bond motifs is 1. The molecule has 7 nitrogen and oxygen atoms in total. The van der Waals surface area contributed by atoms with E-state index in [4.69, 9.17) is 9.15 Å². The van der Waals surface area contributed by atoms with Crippen molar-refractivity contribution in [2.24, 2.45) is 0 Å². The Balaban J connectivity index is 1.34. The number of piperidine rings is 2. The number of oxazole rings is 1. The van der Waals surface area contributed by atoms with Gasteiger partial charge in [-0.25, -0.2) is 9.37 Å². The summed E-state index contributed by atoms with van der Waals surface area (Å²) in [6.07, 6.45) is 6.32. The van der Waals surface area contributed by atoms with Gasteiger partial charge in [0.15, 0.2) is 22.8 Å². The minimum atomic E-state index is -0.407. The number of likely N-dealkylation sites (tertiary alicyclic amines) is 1. The van der Waals surface area contributed by atoms with E-state index in [0.29, 0.717) is 47.9 Å². The van der Waals surface area contributed by atoms with Crippen molar-refractivity contribution in [1.82, 2.24) is 25.5 Å². The zero-order valence-electron chi connectivity index (χ0n) is 19.1. The first-order valence-corrected chi connectivity index (χ1v) is 12.1. The molecular weight excluding hydrogens is 421 g/mol. The van der Waals surface area contributed by atoms with Gasteiger partial charge in [-0.1, -0.05) is 6.07 Å². The molecule has 0 atom stereocenters. The fourth-order valence-corrected chi connectivity index (χ4v) is 4.95. The summed E-state index contributed by atoms with van der Waals surface area (Å²) in [6, 6.07) is 8.13. The standard InChI is InChI=1S/C25H32FN5O2/c1-2-32-23-20(26)6-5-17(22(23)25-30-24-21(33-25)4-3-11-28-24)16-31-14-9-19(10-15-31)29-18-7-12-27-13-8-18/h3-6,11,18-19,27,29H,2,7-10,12-16H2,1H3. The van der Waals surface area contributed by atoms with Gasteiger partial charge in [0.25, 0.3) is 0 Å². The van der Waals surface area contributed by atoms with Crippen molar-refractivity contribution in [3.05, 3.63) is 41.8 Å². The predicted octanol–water partition coefficient (Wildman–Crippen LogP) is 3.73. The lowest BCUT2D eigenvalue weighted by Gasteiger charge is -2.36. The second-order valence-electron chi connectivity index (χ2n) is 8.93. The zero-order chi connectivity index (χ0) is 22.6. The summed E-state index contributed by atoms with van der Waals surface area (Å²) in [6.45, 7) is 7.12. The van der Waals surface area contributed by atoms with E-state index in [9.17, 15) is 4.39 Å². The lowest BCUT2D eigenvalue weighted by molar-refractivity contribution is 0.179. The maximum atomic E-state index is 14.8. The number of nitrogens with one attached hydrogen (secondary N) is 2. The topological polar surface area (TPSA) is 75.5 Å². The van der Waals surface area contributed by atoms with Crippen LogP contribution in [0.25, 0.3) is 22.7 Å². The molecule has 0 radical (unpaired) electrons. The van der Waals surface area contributed by atoms with Gasteiger partial charge in [-0.15, -0.1) is 0 Å². The van der Waals surface area contributed by atoms with Gasteiger partial charge in [0.2, 0.25) is 5.89 Å². The largest absolute Gasteiger partial charge is 0.490 e. The molecule has 0 spiro atoms. The highest BCUT2D eigenvalue weighted by Gasteiger charge is 2.26. The Labute approximate surface area is 193 Å². The van der Waals surface area contributed by atoms with Crippen LogP contribution in [-0.2, 0) is 6.54 Å². The molecule has 2 N–H and O–H groups in total. The molecule has 0 amide bonds. The van der Waals surface area contributed by atoms with Gasteiger partial charge in [0, 0.05) is 24.8 Å². The number of aromatic nitrogens is 2. The molecule has 5 rings (SSSR count). The van der Waals surface area contributed by atoms with E-state index >= 15 is 0 Å². The zero-order valence-corrected chi connectivity index (χ0v) is 19.1. The number of benzene rings is 1. The van der Waals surface area contributed by atoms with Crippen molar-refractivity contribution in [3.63, 3.8) is 0 Å². The minimum Gasteiger partial charge on any atom is -0.490 e. The van der Waals surface area contributed by atoms with E-state index in [-0.39, 0.29) is 5.75 Å². The second kappa shape index (κ2) is 10.2. The lowest BCUT2D eigenvalue weighted by atomic mass is 9.99. The van der Waals surface area contributed by atoms with E-state index in [2.05, 4.69) is 25.5 Å². The molecule has 1 aromatic carbocycles. The Morgan fingerprint density at radius 2 is 1.94 bits per heavy atom. The average molecular weight is 454 g/mol. The van der Waals surface area contributed by atoms with Crippen LogP contribution in [0.3, 0.4) is 0 Å². The molecule has 2 aliphatic heterocycles. The molecule has 176 valence electrons. The first-order valence-electron chi connectivity index (χ1n) is 12.1. The predicted molar refractivity (Wildman–Crippen MR) is 126 cm³/mol. The van der Waals surface area contributed by atoms with Crippen LogP contribution in [0.1, 0.15) is 38.2 Å². The van der Waals surface area contributed by atoms with Crippen molar-refractivity contribution >= 4 is 11.2 Å². The third-order valence-corrected chi connectivity index (χ3v) is 6.66. The van der Waals surface area contributed by atoms with Crippen LogP contribution in [0.5, 0.6) is 5.75 Å². The summed E-state index contributed by atoms with van der Waals surface area (Å²) in [5.41, 5.74) is 2.63. The first-order chi connectivity index (χ1) is 16.2. The summed E-state index contributed by atoms with van der Waals surface area (Å²) < 4.78 is 26.5. The highest BCUT2D eigenvalue weighted by molar-refractivity contribution is 5.76. The number of hydrogen-bond donors (Lipinski definition) is 2. The molecule has 0 aliphatic carbocycles. The molecule has 0 saturated carbocycles. The smallest absolute Gasteiger partial charge is 0.233 e. The second-order valence-corrected chi connectivity index (χ2v) is 8.93. The summed E-state index contributed by atoms with van der Waals surface area (Å²) in [5.74, 6) is 0.142. The Morgan fingerprint density at radius 1 is 1.15 bits per heavy atom. The molecule has 0 bridgehead atoms. The van der Waals surface area contributed by atoms with Crippen LogP contribution < -0.4 is 15.4 Å². The van der Waals surface area contributed by atoms with Gasteiger partial charge in [-0.3, -0.25) is 4.90 Å². The summed E-state index contributed by atoms with van der Waals surface area (Å²) >= 11 is 0. The van der Waals surface area contributed by atoms with Gasteiger partial charge < -0.3 is 19.8 Å². The van der Waals surface area contributed by atoms with Gasteiger partial charge in [-0.2, -0.15) is 4.98 Å². The molecule has 8 heteroatoms. The van der Waals surface area contributed by atoms with Gasteiger partial charge in [0.1, 0.15) is 0 Å². The van der Waals surface area contributed by atoms with E-state index in [1.54, 1.807) is 12.3 Å². The quantitative estimate of drug-likeness (QED) is 0.565. The average Bonchev–Trinajstić information content (AvgIpc) is 3.27. The van der Waals surface area contributed by atoms with Crippen LogP contribution in [0.2, 0.25) is 0 Å². The highest BCUT2D eigenvalue weighted by Crippen LogP contribution is 2.37. The van der Waals surface area contributed by atoms with E-state index in [1.807, 2.05) is 19.1 Å². The third-order valence-electron chi connectivity index (χ3n) is 6.66. The van der Waals surface area contributed by atoms with Crippen LogP contribution in [0.4, 0.5) is 4.39 Å². The Morgan fingerprint density at radius 3 is 2.70 bits per heavy atom. The van der Waals surface area contributed by atoms with E-state index in [1.165, 1.54) is 18.9 Å². The van der Waals surface area contributed by atoms with E-state index < -0.39 is 5.82 Å². The summed E-state index contributed by atoms with van der Waals surface area (Å²) in [7, 11) is 0. The maximum absolute atomic E-state index is 14.8. The number of hydrogen-bond acceptors (Lipinski definition) is 7. The highest BCUT2D eigenvalue weighted by atomic mass is 19.1. The first kappa shape index (κ1) is 22.3. The van der Waals surface area contributed by atoms with Crippen LogP contribution in [0.15, 0.2) is 34.9 Å². The molecular formula is C25H32FN5O2. The fourth-order valence-electron chi connectivity index (χ4n) is 4.95. The van der Waals surface area contributed by atoms with Crippen molar-refractivity contribution in [3.8, 4) is 17.2 Å². The van der Waals surface area contributed by atoms with Crippen LogP contribution in [-0.4, -0.2) is 59.7 Å². The van der Waals surface area contributed by atoms with Crippen molar-refractivity contribution in [2.75, 3.05) is 32.8 Å². The monoisotopic (exact) mass is 453 g/mol. The number of pyridine rings is 1. The summed E-state index contributed by atoms with van der Waals surface area (Å²) in [5, 5.41) is 7.29. The molecule has 2 fully saturated rings. The fraction of sp³-hybridized carbons (Fsp3) is 0.520. The van der Waals surface area contributed by atoms with Crippen molar-refractivity contribution in [2.45, 2.75) is 51.2 Å². The van der Waals surface area contributed by atoms with Crippen molar-refractivity contribution in [1.29, 1.82) is 0 Å². The molecule has 33 heavy (non-hydrogen) atoms.